The van der Waals surface area contributed by atoms with Gasteiger partial charge in [0.15, 0.2) is 0 Å². The summed E-state index contributed by atoms with van der Waals surface area (Å²) in [5.41, 5.74) is 2.96. The predicted octanol–water partition coefficient (Wildman–Crippen LogP) is 1.59. The minimum absolute atomic E-state index is 0.185. The molecule has 2 aromatic rings. The summed E-state index contributed by atoms with van der Waals surface area (Å²) in [7, 11) is 1.37. The third-order valence-electron chi connectivity index (χ3n) is 2.30. The van der Waals surface area contributed by atoms with Crippen LogP contribution in [0.15, 0.2) is 18.2 Å². The number of H-pyrrole nitrogens is 1. The summed E-state index contributed by atoms with van der Waals surface area (Å²) >= 11 is 0. The van der Waals surface area contributed by atoms with Gasteiger partial charge < -0.3 is 9.72 Å². The number of methoxy groups -OCH3 is 1. The van der Waals surface area contributed by atoms with E-state index in [0.29, 0.717) is 5.82 Å². The van der Waals surface area contributed by atoms with Crippen LogP contribution < -0.4 is 0 Å². The molecule has 4 nitrogen and oxygen atoms in total. The first-order valence-corrected chi connectivity index (χ1v) is 4.71. The number of hydrogen-bond donors (Lipinski definition) is 1. The highest BCUT2D eigenvalue weighted by molar-refractivity contribution is 5.80. The van der Waals surface area contributed by atoms with Crippen LogP contribution in [0, 0.1) is 6.92 Å². The van der Waals surface area contributed by atoms with Crippen molar-refractivity contribution < 1.29 is 9.53 Å². The Kier molecular flexibility index (Phi) is 2.41. The van der Waals surface area contributed by atoms with E-state index >= 15 is 0 Å². The van der Waals surface area contributed by atoms with Crippen molar-refractivity contribution in [2.24, 2.45) is 0 Å². The van der Waals surface area contributed by atoms with Gasteiger partial charge in [-0.25, -0.2) is 4.98 Å². The van der Waals surface area contributed by atoms with Gasteiger partial charge in [0.05, 0.1) is 18.1 Å². The predicted molar refractivity (Wildman–Crippen MR) is 56.6 cm³/mol. The number of nitrogens with zero attached hydrogens (tertiary/aromatic N) is 1. The number of carbonyl (C=O) groups excluding carboxylic acids is 1. The third kappa shape index (κ3) is 1.83. The van der Waals surface area contributed by atoms with Gasteiger partial charge in [0.2, 0.25) is 0 Å². The molecular weight excluding hydrogens is 192 g/mol. The van der Waals surface area contributed by atoms with E-state index in [1.165, 1.54) is 7.11 Å². The Labute approximate surface area is 87.3 Å². The van der Waals surface area contributed by atoms with Crippen LogP contribution in [0.2, 0.25) is 0 Å². The Morgan fingerprint density at radius 2 is 2.33 bits per heavy atom. The van der Waals surface area contributed by atoms with Crippen molar-refractivity contribution in [1.29, 1.82) is 0 Å². The first-order chi connectivity index (χ1) is 7.20. The van der Waals surface area contributed by atoms with Crippen molar-refractivity contribution in [2.45, 2.75) is 13.3 Å². The van der Waals surface area contributed by atoms with Crippen molar-refractivity contribution in [3.05, 3.63) is 29.6 Å². The number of benzene rings is 1. The minimum atomic E-state index is -0.285. The average molecular weight is 204 g/mol. The number of aromatic amines is 1. The molecule has 0 saturated carbocycles. The summed E-state index contributed by atoms with van der Waals surface area (Å²) in [4.78, 5) is 18.5. The highest BCUT2D eigenvalue weighted by Gasteiger charge is 2.08. The van der Waals surface area contributed by atoms with Gasteiger partial charge in [-0.1, -0.05) is 12.1 Å². The van der Waals surface area contributed by atoms with Crippen LogP contribution in [-0.4, -0.2) is 23.0 Å². The Hall–Kier alpha value is -1.84. The number of rotatable bonds is 2. The van der Waals surface area contributed by atoms with Crippen LogP contribution in [0.1, 0.15) is 11.4 Å². The minimum Gasteiger partial charge on any atom is -0.469 e. The van der Waals surface area contributed by atoms with Crippen LogP contribution in [0.25, 0.3) is 11.0 Å². The van der Waals surface area contributed by atoms with E-state index in [4.69, 9.17) is 0 Å². The lowest BCUT2D eigenvalue weighted by molar-refractivity contribution is -0.139. The standard InChI is InChI=1S/C11H12N2O2/c1-7-4-3-5-8-11(7)13-9(12-8)6-10(14)15-2/h3-5H,6H2,1-2H3,(H,12,13). The summed E-state index contributed by atoms with van der Waals surface area (Å²) < 4.78 is 4.58. The summed E-state index contributed by atoms with van der Waals surface area (Å²) in [6.07, 6.45) is 0.185. The second kappa shape index (κ2) is 3.73. The molecule has 0 aliphatic carbocycles. The number of carbonyl (C=O) groups is 1. The summed E-state index contributed by atoms with van der Waals surface area (Å²) in [5.74, 6) is 0.359. The molecule has 0 aliphatic rings. The first-order valence-electron chi connectivity index (χ1n) is 4.71. The highest BCUT2D eigenvalue weighted by atomic mass is 16.5. The molecule has 0 saturated heterocycles. The fraction of sp³-hybridized carbons (Fsp3) is 0.273. The van der Waals surface area contributed by atoms with E-state index in [2.05, 4.69) is 14.7 Å². The largest absolute Gasteiger partial charge is 0.469 e. The van der Waals surface area contributed by atoms with Gasteiger partial charge >= 0.3 is 5.97 Å². The van der Waals surface area contributed by atoms with Crippen LogP contribution >= 0.6 is 0 Å². The Morgan fingerprint density at radius 3 is 3.00 bits per heavy atom. The SMILES string of the molecule is COC(=O)Cc1nc2c(C)cccc2[nH]1. The van der Waals surface area contributed by atoms with E-state index < -0.39 is 0 Å². The Bertz CT molecular complexity index is 502. The Morgan fingerprint density at radius 1 is 1.53 bits per heavy atom. The summed E-state index contributed by atoms with van der Waals surface area (Å²) in [6, 6.07) is 5.89. The molecule has 2 rings (SSSR count). The molecule has 1 aromatic carbocycles. The van der Waals surface area contributed by atoms with Gasteiger partial charge in [0.1, 0.15) is 12.2 Å². The number of fused-ring (bicyclic) bond motifs is 1. The molecule has 0 radical (unpaired) electrons. The quantitative estimate of drug-likeness (QED) is 0.756. The summed E-state index contributed by atoms with van der Waals surface area (Å²) in [5, 5.41) is 0. The molecule has 1 aromatic heterocycles. The molecule has 1 N–H and O–H groups in total. The number of para-hydroxylation sites is 1. The van der Waals surface area contributed by atoms with Crippen molar-refractivity contribution in [2.75, 3.05) is 7.11 Å². The van der Waals surface area contributed by atoms with E-state index in [1.807, 2.05) is 25.1 Å². The van der Waals surface area contributed by atoms with Gasteiger partial charge in [-0.3, -0.25) is 4.79 Å². The van der Waals surface area contributed by atoms with Crippen molar-refractivity contribution >= 4 is 17.0 Å². The molecule has 0 aliphatic heterocycles. The topological polar surface area (TPSA) is 55.0 Å². The van der Waals surface area contributed by atoms with Crippen molar-refractivity contribution in [1.82, 2.24) is 9.97 Å². The molecular formula is C11H12N2O2. The lowest BCUT2D eigenvalue weighted by Gasteiger charge is -1.93. The zero-order valence-electron chi connectivity index (χ0n) is 8.70. The number of imidazole rings is 1. The molecule has 4 heteroatoms. The molecule has 1 heterocycles. The first kappa shape index (κ1) is 9.71. The maximum absolute atomic E-state index is 11.1. The molecule has 0 spiro atoms. The Balaban J connectivity index is 2.39. The van der Waals surface area contributed by atoms with Gasteiger partial charge in [-0.05, 0) is 18.6 Å². The van der Waals surface area contributed by atoms with Gasteiger partial charge in [-0.15, -0.1) is 0 Å². The number of aromatic nitrogens is 2. The molecule has 15 heavy (non-hydrogen) atoms. The second-order valence-electron chi connectivity index (χ2n) is 3.41. The molecule has 0 fully saturated rings. The normalized spacial score (nSPS) is 10.5. The zero-order chi connectivity index (χ0) is 10.8. The smallest absolute Gasteiger partial charge is 0.313 e. The van der Waals surface area contributed by atoms with Crippen molar-refractivity contribution in [3.8, 4) is 0 Å². The second-order valence-corrected chi connectivity index (χ2v) is 3.41. The molecule has 0 unspecified atom stereocenters. The zero-order valence-corrected chi connectivity index (χ0v) is 8.70. The van der Waals surface area contributed by atoms with E-state index in [0.717, 1.165) is 16.6 Å². The fourth-order valence-corrected chi connectivity index (χ4v) is 1.52. The third-order valence-corrected chi connectivity index (χ3v) is 2.30. The van der Waals surface area contributed by atoms with Crippen molar-refractivity contribution in [3.63, 3.8) is 0 Å². The number of aryl methyl sites for hydroxylation is 1. The lowest BCUT2D eigenvalue weighted by Crippen LogP contribution is -2.05. The maximum Gasteiger partial charge on any atom is 0.313 e. The summed E-state index contributed by atoms with van der Waals surface area (Å²) in [6.45, 7) is 1.99. The van der Waals surface area contributed by atoms with Gasteiger partial charge in [-0.2, -0.15) is 0 Å². The number of ether oxygens (including phenoxy) is 1. The molecule has 78 valence electrons. The lowest BCUT2D eigenvalue weighted by atomic mass is 10.2. The number of nitrogens with one attached hydrogen (secondary N) is 1. The van der Waals surface area contributed by atoms with Gasteiger partial charge in [0.25, 0.3) is 0 Å². The highest BCUT2D eigenvalue weighted by Crippen LogP contribution is 2.15. The molecule has 0 atom stereocenters. The fourth-order valence-electron chi connectivity index (χ4n) is 1.52. The molecule has 0 bridgehead atoms. The number of hydrogen-bond acceptors (Lipinski definition) is 3. The van der Waals surface area contributed by atoms with Crippen LogP contribution in [-0.2, 0) is 16.0 Å². The van der Waals surface area contributed by atoms with E-state index in [9.17, 15) is 4.79 Å². The van der Waals surface area contributed by atoms with Crippen LogP contribution in [0.4, 0.5) is 0 Å². The van der Waals surface area contributed by atoms with Gasteiger partial charge in [0, 0.05) is 0 Å². The number of esters is 1. The molecule has 0 amide bonds. The van der Waals surface area contributed by atoms with E-state index in [1.54, 1.807) is 0 Å². The van der Waals surface area contributed by atoms with E-state index in [-0.39, 0.29) is 12.4 Å². The maximum atomic E-state index is 11.1. The monoisotopic (exact) mass is 204 g/mol. The van der Waals surface area contributed by atoms with Crippen LogP contribution in [0.5, 0.6) is 0 Å². The average Bonchev–Trinajstić information content (AvgIpc) is 2.62. The van der Waals surface area contributed by atoms with Crippen LogP contribution in [0.3, 0.4) is 0 Å².